The molecule has 2 amide bonds. The van der Waals surface area contributed by atoms with Crippen LogP contribution in [0.4, 0.5) is 0 Å². The standard InChI is InChI=1S/C44H61N3O8S4/c1-12-15-18-46-38(50)31(39(51)47(46)19-16-13-2)42-58-36-32(54-29(48)21-26(4)23-43(6,7)8)34-35(57-41(56-34)28(25-45)40(52)53-20-17-14-3)33(37(36)59-42)55-30(49)22-27(5)24-44(9,10)11/h26-27H,12-24H2,1-11H3. The molecule has 15 heteroatoms. The van der Waals surface area contributed by atoms with E-state index in [-0.39, 0.29) is 64.8 Å². The van der Waals surface area contributed by atoms with Crippen molar-refractivity contribution in [3.63, 3.8) is 0 Å². The molecular weight excluding hydrogens is 827 g/mol. The van der Waals surface area contributed by atoms with Gasteiger partial charge in [0, 0.05) is 25.9 Å². The third-order valence-corrected chi connectivity index (χ3v) is 14.7. The number of thioether (sulfide) groups is 4. The van der Waals surface area contributed by atoms with Gasteiger partial charge in [-0.1, -0.05) is 142 Å². The summed E-state index contributed by atoms with van der Waals surface area (Å²) in [7, 11) is 0. The van der Waals surface area contributed by atoms with E-state index in [4.69, 9.17) is 14.2 Å². The van der Waals surface area contributed by atoms with Gasteiger partial charge in [-0.15, -0.1) is 0 Å². The maximum absolute atomic E-state index is 14.2. The van der Waals surface area contributed by atoms with Crippen molar-refractivity contribution >= 4 is 76.8 Å². The van der Waals surface area contributed by atoms with Gasteiger partial charge in [-0.3, -0.25) is 19.2 Å². The van der Waals surface area contributed by atoms with Gasteiger partial charge in [0.15, 0.2) is 17.1 Å². The molecule has 2 unspecified atom stereocenters. The molecule has 0 saturated carbocycles. The summed E-state index contributed by atoms with van der Waals surface area (Å²) in [6.07, 6.45) is 6.37. The van der Waals surface area contributed by atoms with Crippen LogP contribution in [0, 0.1) is 34.0 Å². The van der Waals surface area contributed by atoms with E-state index in [9.17, 15) is 29.2 Å². The van der Waals surface area contributed by atoms with Crippen LogP contribution in [0.25, 0.3) is 0 Å². The largest absolute Gasteiger partial charge is 0.462 e. The fraction of sp³-hybridized carbons (Fsp3) is 0.636. The van der Waals surface area contributed by atoms with Crippen LogP contribution in [0.1, 0.15) is 140 Å². The van der Waals surface area contributed by atoms with Crippen LogP contribution >= 0.6 is 47.0 Å². The Labute approximate surface area is 367 Å². The second kappa shape index (κ2) is 21.1. The highest BCUT2D eigenvalue weighted by Crippen LogP contribution is 2.68. The molecule has 11 nitrogen and oxygen atoms in total. The number of esters is 3. The molecule has 0 bridgehead atoms. The maximum Gasteiger partial charge on any atom is 0.350 e. The number of fused-ring (bicyclic) bond motifs is 2. The van der Waals surface area contributed by atoms with Crippen LogP contribution in [0.2, 0.25) is 0 Å². The molecular formula is C44H61N3O8S4. The fourth-order valence-corrected chi connectivity index (χ4v) is 12.7. The first kappa shape index (κ1) is 48.6. The quantitative estimate of drug-likeness (QED) is 0.0345. The van der Waals surface area contributed by atoms with Gasteiger partial charge < -0.3 is 14.2 Å². The van der Waals surface area contributed by atoms with Crippen molar-refractivity contribution in [3.8, 4) is 17.6 Å². The Hall–Kier alpha value is -3.06. The second-order valence-corrected chi connectivity index (χ2v) is 22.6. The second-order valence-electron chi connectivity index (χ2n) is 18.0. The van der Waals surface area contributed by atoms with Crippen LogP contribution < -0.4 is 9.47 Å². The van der Waals surface area contributed by atoms with Crippen molar-refractivity contribution in [1.82, 2.24) is 10.0 Å². The Balaban J connectivity index is 1.91. The van der Waals surface area contributed by atoms with Crippen LogP contribution in [-0.4, -0.2) is 59.4 Å². The van der Waals surface area contributed by atoms with Gasteiger partial charge in [-0.25, -0.2) is 14.8 Å². The van der Waals surface area contributed by atoms with Gasteiger partial charge in [0.2, 0.25) is 0 Å². The highest BCUT2D eigenvalue weighted by Gasteiger charge is 2.47. The number of nitrogens with zero attached hydrogens (tertiary/aromatic N) is 3. The van der Waals surface area contributed by atoms with E-state index >= 15 is 0 Å². The van der Waals surface area contributed by atoms with Gasteiger partial charge in [0.25, 0.3) is 11.8 Å². The number of nitriles is 1. The van der Waals surface area contributed by atoms with Crippen molar-refractivity contribution in [1.29, 1.82) is 5.26 Å². The van der Waals surface area contributed by atoms with E-state index in [2.05, 4.69) is 41.5 Å². The number of unbranched alkanes of at least 4 members (excludes halogenated alkanes) is 3. The molecule has 2 atom stereocenters. The van der Waals surface area contributed by atoms with E-state index in [0.29, 0.717) is 47.6 Å². The number of amides is 2. The number of hydrogen-bond donors (Lipinski definition) is 0. The molecule has 59 heavy (non-hydrogen) atoms. The number of hydrogen-bond acceptors (Lipinski definition) is 13. The minimum atomic E-state index is -0.769. The molecule has 0 aromatic heterocycles. The molecule has 0 radical (unpaired) electrons. The average molecular weight is 888 g/mol. The first-order valence-electron chi connectivity index (χ1n) is 20.8. The van der Waals surface area contributed by atoms with E-state index in [1.165, 1.54) is 10.0 Å². The first-order valence-corrected chi connectivity index (χ1v) is 24.1. The lowest BCUT2D eigenvalue weighted by Crippen LogP contribution is -2.42. The Kier molecular flexibility index (Phi) is 17.4. The third kappa shape index (κ3) is 12.7. The predicted molar refractivity (Wildman–Crippen MR) is 236 cm³/mol. The predicted octanol–water partition coefficient (Wildman–Crippen LogP) is 11.3. The number of hydrazine groups is 1. The normalized spacial score (nSPS) is 16.3. The number of ether oxygens (including phenoxy) is 3. The molecule has 4 rings (SSSR count). The number of rotatable bonds is 18. The minimum Gasteiger partial charge on any atom is -0.462 e. The lowest BCUT2D eigenvalue weighted by atomic mass is 9.84. The maximum atomic E-state index is 14.2. The van der Waals surface area contributed by atoms with Crippen LogP contribution in [-0.2, 0) is 28.7 Å². The summed E-state index contributed by atoms with van der Waals surface area (Å²) in [4.78, 5) is 70.9. The molecule has 3 heterocycles. The summed E-state index contributed by atoms with van der Waals surface area (Å²) in [5, 5.41) is 13.3. The Morgan fingerprint density at radius 1 is 0.678 bits per heavy atom. The molecule has 0 spiro atoms. The van der Waals surface area contributed by atoms with Crippen molar-refractivity contribution in [2.24, 2.45) is 22.7 Å². The molecule has 324 valence electrons. The fourth-order valence-electron chi connectivity index (χ4n) is 7.27. The Morgan fingerprint density at radius 3 is 1.46 bits per heavy atom. The minimum absolute atomic E-state index is 0.00359. The highest BCUT2D eigenvalue weighted by atomic mass is 32.2. The van der Waals surface area contributed by atoms with Crippen LogP contribution in [0.5, 0.6) is 11.5 Å². The summed E-state index contributed by atoms with van der Waals surface area (Å²) in [5.41, 5.74) is -0.219. The van der Waals surface area contributed by atoms with Gasteiger partial charge in [0.1, 0.15) is 11.6 Å². The summed E-state index contributed by atoms with van der Waals surface area (Å²) in [5.74, 6) is -2.19. The zero-order valence-electron chi connectivity index (χ0n) is 36.6. The number of benzene rings is 1. The average Bonchev–Trinajstić information content (AvgIpc) is 3.81. The smallest absolute Gasteiger partial charge is 0.350 e. The summed E-state index contributed by atoms with van der Waals surface area (Å²) >= 11 is 4.43. The Morgan fingerprint density at radius 2 is 1.08 bits per heavy atom. The summed E-state index contributed by atoms with van der Waals surface area (Å²) in [6, 6.07) is 2.02. The van der Waals surface area contributed by atoms with Gasteiger partial charge >= 0.3 is 17.9 Å². The van der Waals surface area contributed by atoms with E-state index < -0.39 is 29.7 Å². The topological polar surface area (TPSA) is 143 Å². The molecule has 0 aliphatic carbocycles. The Bertz CT molecular complexity index is 1800. The first-order chi connectivity index (χ1) is 27.7. The number of carbonyl (C=O) groups is 5. The highest BCUT2D eigenvalue weighted by molar-refractivity contribution is 8.26. The SMILES string of the molecule is CCCCOC(=O)C(C#N)=C1Sc2c(OC(=O)CC(C)CC(C)(C)C)c3c(c(OC(=O)CC(C)CC(C)(C)C)c2S1)SC(=C1C(=O)N(CCCC)N(CCCC)C1=O)S3. The molecule has 1 aromatic carbocycles. The summed E-state index contributed by atoms with van der Waals surface area (Å²) < 4.78 is 18.7. The number of carbonyl (C=O) groups excluding carboxylic acids is 5. The van der Waals surface area contributed by atoms with Crippen molar-refractivity contribution in [3.05, 3.63) is 19.6 Å². The van der Waals surface area contributed by atoms with Gasteiger partial charge in [-0.05, 0) is 54.8 Å². The van der Waals surface area contributed by atoms with Crippen molar-refractivity contribution in [2.75, 3.05) is 19.7 Å². The van der Waals surface area contributed by atoms with Crippen LogP contribution in [0.15, 0.2) is 39.2 Å². The molecule has 1 saturated heterocycles. The van der Waals surface area contributed by atoms with Gasteiger partial charge in [0.05, 0.1) is 34.7 Å². The van der Waals surface area contributed by atoms with Crippen LogP contribution in [0.3, 0.4) is 0 Å². The monoisotopic (exact) mass is 887 g/mol. The lowest BCUT2D eigenvalue weighted by Gasteiger charge is -2.27. The third-order valence-electron chi connectivity index (χ3n) is 9.49. The molecule has 1 aromatic rings. The lowest BCUT2D eigenvalue weighted by molar-refractivity contribution is -0.147. The van der Waals surface area contributed by atoms with E-state index in [1.807, 2.05) is 40.7 Å². The molecule has 3 aliphatic heterocycles. The zero-order valence-corrected chi connectivity index (χ0v) is 39.9. The molecule has 1 fully saturated rings. The molecule has 0 N–H and O–H groups in total. The van der Waals surface area contributed by atoms with Crippen molar-refractivity contribution in [2.45, 2.75) is 160 Å². The van der Waals surface area contributed by atoms with E-state index in [0.717, 1.165) is 92.0 Å². The molecule has 3 aliphatic rings. The van der Waals surface area contributed by atoms with E-state index in [1.54, 1.807) is 0 Å². The van der Waals surface area contributed by atoms with Gasteiger partial charge in [-0.2, -0.15) is 5.26 Å². The van der Waals surface area contributed by atoms with Crippen molar-refractivity contribution < 1.29 is 38.2 Å². The zero-order chi connectivity index (χ0) is 43.8. The summed E-state index contributed by atoms with van der Waals surface area (Å²) in [6.45, 7) is 23.6.